The molecule has 0 fully saturated rings. The highest BCUT2D eigenvalue weighted by molar-refractivity contribution is 5.59. The summed E-state index contributed by atoms with van der Waals surface area (Å²) in [6.45, 7) is 1.51. The number of aromatic nitrogens is 1. The number of benzene rings is 1. The summed E-state index contributed by atoms with van der Waals surface area (Å²) in [5.74, 6) is 0. The molecule has 2 nitrogen and oxygen atoms in total. The Hall–Kier alpha value is -2.42. The first-order chi connectivity index (χ1) is 10.6. The van der Waals surface area contributed by atoms with E-state index in [9.17, 15) is 4.39 Å². The second kappa shape index (κ2) is 7.55. The molecule has 3 heteroatoms. The van der Waals surface area contributed by atoms with E-state index in [1.807, 2.05) is 44.5 Å². The van der Waals surface area contributed by atoms with Gasteiger partial charge in [0, 0.05) is 38.8 Å². The Morgan fingerprint density at radius 2 is 1.41 bits per heavy atom. The molecule has 0 aliphatic rings. The SMILES string of the molecule is CC(F)[n+]1ccc(/C=C/C=C/c2ccc(N(C)C)cc2)cc1. The normalized spacial score (nSPS) is 12.9. The molecule has 0 N–H and O–H groups in total. The predicted octanol–water partition coefficient (Wildman–Crippen LogP) is 4.25. The van der Waals surface area contributed by atoms with Crippen molar-refractivity contribution in [2.75, 3.05) is 19.0 Å². The van der Waals surface area contributed by atoms with E-state index in [1.165, 1.54) is 17.2 Å². The second-order valence-electron chi connectivity index (χ2n) is 5.36. The van der Waals surface area contributed by atoms with Crippen LogP contribution in [0.15, 0.2) is 60.9 Å². The van der Waals surface area contributed by atoms with Crippen LogP contribution in [0.4, 0.5) is 10.1 Å². The Morgan fingerprint density at radius 3 is 1.86 bits per heavy atom. The fourth-order valence-corrected chi connectivity index (χ4v) is 2.01. The molecule has 0 saturated heterocycles. The molecule has 1 aromatic carbocycles. The molecule has 22 heavy (non-hydrogen) atoms. The van der Waals surface area contributed by atoms with Gasteiger partial charge in [-0.15, -0.1) is 0 Å². The van der Waals surface area contributed by atoms with Crippen LogP contribution in [0, 0.1) is 0 Å². The van der Waals surface area contributed by atoms with Crippen molar-refractivity contribution in [3.8, 4) is 0 Å². The molecule has 0 radical (unpaired) electrons. The highest BCUT2D eigenvalue weighted by Gasteiger charge is 2.06. The molecule has 1 unspecified atom stereocenters. The zero-order chi connectivity index (χ0) is 15.9. The van der Waals surface area contributed by atoms with Crippen molar-refractivity contribution in [3.63, 3.8) is 0 Å². The number of anilines is 1. The highest BCUT2D eigenvalue weighted by atomic mass is 19.1. The topological polar surface area (TPSA) is 7.12 Å². The summed E-state index contributed by atoms with van der Waals surface area (Å²) in [5.41, 5.74) is 3.39. The third-order valence-corrected chi connectivity index (χ3v) is 3.39. The van der Waals surface area contributed by atoms with Gasteiger partial charge in [0.05, 0.1) is 0 Å². The molecule has 1 atom stereocenters. The van der Waals surface area contributed by atoms with Crippen LogP contribution in [-0.4, -0.2) is 14.1 Å². The molecular weight excluding hydrogens is 275 g/mol. The second-order valence-corrected chi connectivity index (χ2v) is 5.36. The van der Waals surface area contributed by atoms with Gasteiger partial charge in [0.15, 0.2) is 12.4 Å². The third kappa shape index (κ3) is 4.55. The number of pyridine rings is 1. The Labute approximate surface area is 131 Å². The average Bonchev–Trinajstić information content (AvgIpc) is 2.52. The Bertz CT molecular complexity index is 579. The Morgan fingerprint density at radius 1 is 0.909 bits per heavy atom. The van der Waals surface area contributed by atoms with Gasteiger partial charge in [0.25, 0.3) is 6.30 Å². The van der Waals surface area contributed by atoms with Crippen LogP contribution in [0.2, 0.25) is 0 Å². The van der Waals surface area contributed by atoms with Gasteiger partial charge in [-0.3, -0.25) is 0 Å². The van der Waals surface area contributed by atoms with Gasteiger partial charge in [-0.1, -0.05) is 36.4 Å². The molecule has 0 amide bonds. The number of rotatable bonds is 5. The zero-order valence-corrected chi connectivity index (χ0v) is 13.3. The molecule has 2 rings (SSSR count). The number of hydrogen-bond donors (Lipinski definition) is 0. The summed E-state index contributed by atoms with van der Waals surface area (Å²) < 4.78 is 14.6. The van der Waals surface area contributed by atoms with E-state index in [1.54, 1.807) is 12.4 Å². The van der Waals surface area contributed by atoms with Gasteiger partial charge >= 0.3 is 0 Å². The molecule has 0 aliphatic carbocycles. The van der Waals surface area contributed by atoms with E-state index >= 15 is 0 Å². The fraction of sp³-hybridized carbons (Fsp3) is 0.211. The maximum Gasteiger partial charge on any atom is 0.296 e. The smallest absolute Gasteiger partial charge is 0.296 e. The van der Waals surface area contributed by atoms with E-state index in [4.69, 9.17) is 0 Å². The summed E-state index contributed by atoms with van der Waals surface area (Å²) >= 11 is 0. The summed E-state index contributed by atoms with van der Waals surface area (Å²) in [6.07, 6.45) is 10.5. The van der Waals surface area contributed by atoms with Crippen molar-refractivity contribution in [2.45, 2.75) is 13.2 Å². The molecule has 114 valence electrons. The average molecular weight is 297 g/mol. The van der Waals surface area contributed by atoms with Crippen LogP contribution in [-0.2, 0) is 0 Å². The summed E-state index contributed by atoms with van der Waals surface area (Å²) in [5, 5.41) is 0. The van der Waals surface area contributed by atoms with Crippen LogP contribution in [0.1, 0.15) is 24.3 Å². The van der Waals surface area contributed by atoms with Crippen LogP contribution >= 0.6 is 0 Å². The van der Waals surface area contributed by atoms with Gasteiger partial charge in [0.1, 0.15) is 0 Å². The van der Waals surface area contributed by atoms with Crippen LogP contribution in [0.25, 0.3) is 12.2 Å². The molecule has 1 aromatic heterocycles. The van der Waals surface area contributed by atoms with E-state index < -0.39 is 6.30 Å². The first-order valence-corrected chi connectivity index (χ1v) is 7.33. The van der Waals surface area contributed by atoms with Crippen molar-refractivity contribution < 1.29 is 8.96 Å². The largest absolute Gasteiger partial charge is 0.378 e. The third-order valence-electron chi connectivity index (χ3n) is 3.39. The molecule has 2 aromatic rings. The summed E-state index contributed by atoms with van der Waals surface area (Å²) in [7, 11) is 4.06. The van der Waals surface area contributed by atoms with Crippen molar-refractivity contribution >= 4 is 17.8 Å². The number of halogens is 1. The maximum atomic E-state index is 13.1. The number of allylic oxidation sites excluding steroid dienone is 2. The maximum absolute atomic E-state index is 13.1. The lowest BCUT2D eigenvalue weighted by atomic mass is 10.2. The van der Waals surface area contributed by atoms with E-state index in [0.717, 1.165) is 11.1 Å². The van der Waals surface area contributed by atoms with Crippen LogP contribution in [0.3, 0.4) is 0 Å². The lowest BCUT2D eigenvalue weighted by Crippen LogP contribution is -2.34. The monoisotopic (exact) mass is 297 g/mol. The first-order valence-electron chi connectivity index (χ1n) is 7.33. The van der Waals surface area contributed by atoms with Gasteiger partial charge in [0.2, 0.25) is 0 Å². The van der Waals surface area contributed by atoms with Crippen LogP contribution < -0.4 is 9.47 Å². The van der Waals surface area contributed by atoms with E-state index in [2.05, 4.69) is 35.2 Å². The van der Waals surface area contributed by atoms with Crippen LogP contribution in [0.5, 0.6) is 0 Å². The molecule has 1 heterocycles. The molecular formula is C19H22FN2+. The van der Waals surface area contributed by atoms with Crippen molar-refractivity contribution in [1.29, 1.82) is 0 Å². The van der Waals surface area contributed by atoms with Crippen molar-refractivity contribution in [3.05, 3.63) is 72.1 Å². The quantitative estimate of drug-likeness (QED) is 0.591. The highest BCUT2D eigenvalue weighted by Crippen LogP contribution is 2.13. The van der Waals surface area contributed by atoms with Gasteiger partial charge in [-0.25, -0.2) is 0 Å². The molecule has 0 bridgehead atoms. The standard InChI is InChI=1S/C19H22FN2/c1-16(20)22-14-12-18(13-15-22)7-5-4-6-17-8-10-19(11-9-17)21(2)3/h4-16H,1-3H3/q+1. The molecule has 0 spiro atoms. The lowest BCUT2D eigenvalue weighted by Gasteiger charge is -2.11. The Balaban J connectivity index is 1.96. The van der Waals surface area contributed by atoms with Gasteiger partial charge < -0.3 is 4.90 Å². The number of nitrogens with zero attached hydrogens (tertiary/aromatic N) is 2. The van der Waals surface area contributed by atoms with Crippen molar-refractivity contribution in [2.24, 2.45) is 0 Å². The lowest BCUT2D eigenvalue weighted by molar-refractivity contribution is -0.743. The van der Waals surface area contributed by atoms with Gasteiger partial charge in [-0.05, 0) is 23.3 Å². The minimum atomic E-state index is -0.997. The summed E-state index contributed by atoms with van der Waals surface area (Å²) in [6, 6.07) is 12.2. The Kier molecular flexibility index (Phi) is 5.48. The number of alkyl halides is 1. The van der Waals surface area contributed by atoms with E-state index in [-0.39, 0.29) is 0 Å². The molecule has 0 aliphatic heterocycles. The predicted molar refractivity (Wildman–Crippen MR) is 91.3 cm³/mol. The minimum absolute atomic E-state index is 0.997. The van der Waals surface area contributed by atoms with Gasteiger partial charge in [-0.2, -0.15) is 8.96 Å². The summed E-state index contributed by atoms with van der Waals surface area (Å²) in [4.78, 5) is 2.08. The zero-order valence-electron chi connectivity index (χ0n) is 13.3. The van der Waals surface area contributed by atoms with E-state index in [0.29, 0.717) is 0 Å². The molecule has 0 saturated carbocycles. The first kappa shape index (κ1) is 16.0. The number of hydrogen-bond acceptors (Lipinski definition) is 1. The van der Waals surface area contributed by atoms with Crippen molar-refractivity contribution in [1.82, 2.24) is 0 Å². The fourth-order valence-electron chi connectivity index (χ4n) is 2.01. The minimum Gasteiger partial charge on any atom is -0.378 e.